The van der Waals surface area contributed by atoms with Gasteiger partial charge in [0, 0.05) is 5.92 Å². The number of hydrogen-bond donors (Lipinski definition) is 3. The van der Waals surface area contributed by atoms with Crippen LogP contribution < -0.4 is 11.1 Å². The fraction of sp³-hybridized carbons (Fsp3) is 1.00. The van der Waals surface area contributed by atoms with E-state index in [4.69, 9.17) is 5.73 Å². The van der Waals surface area contributed by atoms with Gasteiger partial charge in [0.2, 0.25) is 0 Å². The molecule has 3 heteroatoms. The van der Waals surface area contributed by atoms with E-state index in [1.54, 1.807) is 0 Å². The lowest BCUT2D eigenvalue weighted by atomic mass is 9.89. The predicted molar refractivity (Wildman–Crippen MR) is 63.1 cm³/mol. The summed E-state index contributed by atoms with van der Waals surface area (Å²) in [6.07, 6.45) is 4.50. The van der Waals surface area contributed by atoms with Crippen molar-refractivity contribution in [3.05, 3.63) is 0 Å². The largest absolute Gasteiger partial charge is 0.376 e. The van der Waals surface area contributed by atoms with Gasteiger partial charge in [0.15, 0.2) is 0 Å². The maximum Gasteiger partial charge on any atom is 0.117 e. The molecule has 0 bridgehead atoms. The monoisotopic (exact) mass is 214 g/mol. The van der Waals surface area contributed by atoms with Crippen LogP contribution in [0.1, 0.15) is 53.4 Å². The molecule has 2 unspecified atom stereocenters. The number of rotatable bonds is 3. The summed E-state index contributed by atoms with van der Waals surface area (Å²) in [5, 5.41) is 13.5. The zero-order valence-electron chi connectivity index (χ0n) is 10.5. The molecule has 3 nitrogen and oxygen atoms in total. The number of hydrogen-bond acceptors (Lipinski definition) is 3. The summed E-state index contributed by atoms with van der Waals surface area (Å²) in [6.45, 7) is 8.09. The van der Waals surface area contributed by atoms with E-state index in [0.29, 0.717) is 5.92 Å². The Bertz CT molecular complexity index is 202. The first-order chi connectivity index (χ1) is 6.73. The zero-order valence-corrected chi connectivity index (χ0v) is 10.5. The Morgan fingerprint density at radius 3 is 2.07 bits per heavy atom. The van der Waals surface area contributed by atoms with Crippen LogP contribution in [0.25, 0.3) is 0 Å². The first kappa shape index (κ1) is 12.9. The lowest BCUT2D eigenvalue weighted by molar-refractivity contribution is -0.0507. The second kappa shape index (κ2) is 4.40. The van der Waals surface area contributed by atoms with Gasteiger partial charge >= 0.3 is 0 Å². The molecule has 0 aliphatic heterocycles. The predicted octanol–water partition coefficient (Wildman–Crippen LogP) is 1.81. The van der Waals surface area contributed by atoms with Crippen LogP contribution in [0.5, 0.6) is 0 Å². The van der Waals surface area contributed by atoms with Crippen molar-refractivity contribution in [2.45, 2.75) is 65.3 Å². The standard InChI is InChI=1S/C12H26N2O/c1-11(2,3)10(13)14-12(4,15)9-7-5-6-8-9/h9-10,14-15H,5-8,13H2,1-4H3. The highest BCUT2D eigenvalue weighted by Crippen LogP contribution is 2.33. The quantitative estimate of drug-likeness (QED) is 0.628. The van der Waals surface area contributed by atoms with Gasteiger partial charge in [0.05, 0.1) is 6.17 Å². The number of nitrogens with two attached hydrogens (primary N) is 1. The molecular weight excluding hydrogens is 188 g/mol. The maximum absolute atomic E-state index is 10.4. The van der Waals surface area contributed by atoms with E-state index in [0.717, 1.165) is 12.8 Å². The van der Waals surface area contributed by atoms with Gasteiger partial charge in [0.1, 0.15) is 5.72 Å². The molecule has 0 amide bonds. The van der Waals surface area contributed by atoms with Crippen LogP contribution in [0.2, 0.25) is 0 Å². The van der Waals surface area contributed by atoms with Crippen molar-refractivity contribution in [2.75, 3.05) is 0 Å². The van der Waals surface area contributed by atoms with E-state index in [9.17, 15) is 5.11 Å². The van der Waals surface area contributed by atoms with E-state index in [2.05, 4.69) is 26.1 Å². The van der Waals surface area contributed by atoms with Crippen molar-refractivity contribution in [3.8, 4) is 0 Å². The van der Waals surface area contributed by atoms with Gasteiger partial charge in [-0.2, -0.15) is 0 Å². The van der Waals surface area contributed by atoms with Crippen LogP contribution in [-0.4, -0.2) is 17.0 Å². The van der Waals surface area contributed by atoms with Crippen LogP contribution in [0.3, 0.4) is 0 Å². The van der Waals surface area contributed by atoms with Crippen LogP contribution in [0.4, 0.5) is 0 Å². The number of aliphatic hydroxyl groups is 1. The molecule has 15 heavy (non-hydrogen) atoms. The summed E-state index contributed by atoms with van der Waals surface area (Å²) in [4.78, 5) is 0. The molecule has 1 aliphatic carbocycles. The molecule has 1 aliphatic rings. The van der Waals surface area contributed by atoms with Crippen LogP contribution >= 0.6 is 0 Å². The van der Waals surface area contributed by atoms with Crippen LogP contribution in [0.15, 0.2) is 0 Å². The summed E-state index contributed by atoms with van der Waals surface area (Å²) in [6, 6.07) is 0. The third-order valence-electron chi connectivity index (χ3n) is 3.53. The minimum atomic E-state index is -0.816. The molecule has 0 aromatic rings. The smallest absolute Gasteiger partial charge is 0.117 e. The molecule has 1 rings (SSSR count). The van der Waals surface area contributed by atoms with Crippen molar-refractivity contribution >= 4 is 0 Å². The van der Waals surface area contributed by atoms with Crippen LogP contribution in [0, 0.1) is 11.3 Å². The summed E-state index contributed by atoms with van der Waals surface area (Å²) < 4.78 is 0. The van der Waals surface area contributed by atoms with Gasteiger partial charge in [-0.3, -0.25) is 5.32 Å². The van der Waals surface area contributed by atoms with Crippen molar-refractivity contribution in [2.24, 2.45) is 17.1 Å². The van der Waals surface area contributed by atoms with Gasteiger partial charge in [0.25, 0.3) is 0 Å². The van der Waals surface area contributed by atoms with Crippen LogP contribution in [-0.2, 0) is 0 Å². The Kier molecular flexibility index (Phi) is 3.80. The Labute approximate surface area is 93.4 Å². The first-order valence-corrected chi connectivity index (χ1v) is 5.99. The fourth-order valence-electron chi connectivity index (χ4n) is 2.14. The second-order valence-corrected chi connectivity index (χ2v) is 6.12. The summed E-state index contributed by atoms with van der Waals surface area (Å²) in [7, 11) is 0. The Balaban J connectivity index is 2.55. The normalized spacial score (nSPS) is 25.2. The molecule has 0 aromatic heterocycles. The maximum atomic E-state index is 10.4. The Morgan fingerprint density at radius 1 is 1.20 bits per heavy atom. The van der Waals surface area contributed by atoms with Crippen molar-refractivity contribution in [1.29, 1.82) is 0 Å². The first-order valence-electron chi connectivity index (χ1n) is 5.99. The lowest BCUT2D eigenvalue weighted by Crippen LogP contribution is -2.59. The fourth-order valence-corrected chi connectivity index (χ4v) is 2.14. The van der Waals surface area contributed by atoms with Gasteiger partial charge in [-0.05, 0) is 25.2 Å². The Hall–Kier alpha value is -0.120. The minimum Gasteiger partial charge on any atom is -0.376 e. The lowest BCUT2D eigenvalue weighted by Gasteiger charge is -2.38. The molecule has 0 saturated heterocycles. The van der Waals surface area contributed by atoms with Gasteiger partial charge < -0.3 is 10.8 Å². The molecule has 0 aromatic carbocycles. The van der Waals surface area contributed by atoms with Crippen molar-refractivity contribution in [1.82, 2.24) is 5.32 Å². The summed E-state index contributed by atoms with van der Waals surface area (Å²) >= 11 is 0. The van der Waals surface area contributed by atoms with Gasteiger partial charge in [-0.15, -0.1) is 0 Å². The Morgan fingerprint density at radius 2 is 1.67 bits per heavy atom. The average Bonchev–Trinajstić information content (AvgIpc) is 2.52. The molecule has 0 spiro atoms. The molecular formula is C12H26N2O. The summed E-state index contributed by atoms with van der Waals surface area (Å²) in [5.41, 5.74) is 5.19. The molecule has 90 valence electrons. The molecule has 0 heterocycles. The van der Waals surface area contributed by atoms with Crippen molar-refractivity contribution in [3.63, 3.8) is 0 Å². The SMILES string of the molecule is CC(C)(C)C(N)NC(C)(O)C1CCCC1. The topological polar surface area (TPSA) is 58.3 Å². The molecule has 2 atom stereocenters. The van der Waals surface area contributed by atoms with E-state index >= 15 is 0 Å². The highest BCUT2D eigenvalue weighted by Gasteiger charge is 2.37. The van der Waals surface area contributed by atoms with Crippen molar-refractivity contribution < 1.29 is 5.11 Å². The highest BCUT2D eigenvalue weighted by molar-refractivity contribution is 4.88. The molecule has 1 saturated carbocycles. The number of nitrogens with one attached hydrogen (secondary N) is 1. The highest BCUT2D eigenvalue weighted by atomic mass is 16.3. The van der Waals surface area contributed by atoms with E-state index in [-0.39, 0.29) is 11.6 Å². The minimum absolute atomic E-state index is 0.0252. The van der Waals surface area contributed by atoms with Gasteiger partial charge in [-0.25, -0.2) is 0 Å². The summed E-state index contributed by atoms with van der Waals surface area (Å²) in [5.74, 6) is 0.353. The van der Waals surface area contributed by atoms with E-state index in [1.807, 2.05) is 6.92 Å². The third kappa shape index (κ3) is 3.44. The molecule has 1 fully saturated rings. The second-order valence-electron chi connectivity index (χ2n) is 6.12. The zero-order chi connectivity index (χ0) is 11.7. The van der Waals surface area contributed by atoms with E-state index in [1.165, 1.54) is 12.8 Å². The van der Waals surface area contributed by atoms with Gasteiger partial charge in [-0.1, -0.05) is 33.6 Å². The molecule has 4 N–H and O–H groups in total. The third-order valence-corrected chi connectivity index (χ3v) is 3.53. The average molecular weight is 214 g/mol. The molecule has 0 radical (unpaired) electrons. The van der Waals surface area contributed by atoms with E-state index < -0.39 is 5.72 Å².